The first-order valence-corrected chi connectivity index (χ1v) is 43.2. The zero-order valence-electron chi connectivity index (χ0n) is 74.3. The second-order valence-electron chi connectivity index (χ2n) is 25.9. The van der Waals surface area contributed by atoms with Crippen molar-refractivity contribution in [2.75, 3.05) is 92.6 Å². The van der Waals surface area contributed by atoms with Crippen LogP contribution in [0.25, 0.3) is 0 Å². The Morgan fingerprint density at radius 1 is 0.565 bits per heavy atom. The predicted octanol–water partition coefficient (Wildman–Crippen LogP) is 10.9. The molecule has 14 N–H and O–H groups in total. The number of rotatable bonds is 22. The molecule has 0 aliphatic carbocycles. The van der Waals surface area contributed by atoms with E-state index in [2.05, 4.69) is 171 Å². The molecule has 0 spiro atoms. The third kappa shape index (κ3) is 54.9. The number of nitrogens with zero attached hydrogens (tertiary/aromatic N) is 9. The summed E-state index contributed by atoms with van der Waals surface area (Å²) in [5.74, 6) is -2.48. The molecule has 1 aliphatic rings. The fourth-order valence-corrected chi connectivity index (χ4v) is 12.1. The van der Waals surface area contributed by atoms with Crippen LogP contribution in [-0.2, 0) is 71.7 Å². The number of methoxy groups -OCH3 is 5. The molecular weight excluding hydrogens is 2190 g/mol. The van der Waals surface area contributed by atoms with E-state index >= 15 is 0 Å². The molecule has 43 heteroatoms. The number of alkyl halides is 3. The summed E-state index contributed by atoms with van der Waals surface area (Å²) in [5.41, 5.74) is 37.0. The summed E-state index contributed by atoms with van der Waals surface area (Å²) in [6.07, 6.45) is 6.79. The fourth-order valence-electron chi connectivity index (χ4n) is 9.10. The van der Waals surface area contributed by atoms with Crippen molar-refractivity contribution in [3.8, 4) is 5.75 Å². The van der Waals surface area contributed by atoms with Gasteiger partial charge in [0.1, 0.15) is 11.4 Å². The van der Waals surface area contributed by atoms with Crippen molar-refractivity contribution in [2.45, 2.75) is 98.1 Å². The Morgan fingerprint density at radius 3 is 1.30 bits per heavy atom. The number of aliphatic hydroxyl groups is 3. The first kappa shape index (κ1) is 122. The summed E-state index contributed by atoms with van der Waals surface area (Å²) in [6.45, 7) is 8.36. The maximum absolute atomic E-state index is 12.9. The number of anilines is 3. The van der Waals surface area contributed by atoms with Gasteiger partial charge >= 0.3 is 65.6 Å². The minimum absolute atomic E-state index is 0. The number of carbonyl (C=O) groups is 6. The van der Waals surface area contributed by atoms with Gasteiger partial charge in [-0.3, -0.25) is 4.79 Å². The number of esters is 4. The number of ether oxygens (including phenoxy) is 6. The Bertz CT molecular complexity index is 4940. The van der Waals surface area contributed by atoms with E-state index in [1.54, 1.807) is 81.3 Å². The van der Waals surface area contributed by atoms with E-state index in [4.69, 9.17) is 64.3 Å². The molecule has 131 heavy (non-hydrogen) atoms. The molecule has 1 fully saturated rings. The number of ketones is 1. The number of pyridine rings is 5. The number of nitrogens with two attached hydrogens (primary N) is 5. The van der Waals surface area contributed by atoms with Gasteiger partial charge in [-0.2, -0.15) is 25.8 Å². The maximum atomic E-state index is 12.9. The van der Waals surface area contributed by atoms with Crippen LogP contribution < -0.4 is 67.9 Å². The molecule has 11 aromatic rings. The van der Waals surface area contributed by atoms with Gasteiger partial charge in [0.15, 0.2) is 34.4 Å². The molecule has 0 saturated carbocycles. The number of carbonyl (C=O) groups excluding carboxylic acids is 5. The minimum atomic E-state index is -5.08. The number of carboxylic acids is 1. The molecule has 0 unspecified atom stereocenters. The van der Waals surface area contributed by atoms with Crippen LogP contribution in [-0.4, -0.2) is 200 Å². The number of benzene rings is 5. The van der Waals surface area contributed by atoms with Crippen LogP contribution in [0, 0.1) is 36.9 Å². The molecule has 0 bridgehead atoms. The van der Waals surface area contributed by atoms with E-state index in [1.807, 2.05) is 109 Å². The Kier molecular flexibility index (Phi) is 67.9. The summed E-state index contributed by atoms with van der Waals surface area (Å²) in [5, 5.41) is 40.0. The van der Waals surface area contributed by atoms with Gasteiger partial charge in [-0.15, -0.1) is 23.5 Å². The smallest absolute Gasteiger partial charge is 0.497 e. The Labute approximate surface area is 847 Å². The molecule has 1 saturated heterocycles. The second-order valence-corrected chi connectivity index (χ2v) is 31.0. The number of aryl methyl sites for hydroxylation is 2. The van der Waals surface area contributed by atoms with Gasteiger partial charge in [0.2, 0.25) is 0 Å². The summed E-state index contributed by atoms with van der Waals surface area (Å²) in [7, 11) is 12.6. The van der Waals surface area contributed by atoms with Crippen LogP contribution in [0.1, 0.15) is 118 Å². The number of hydrogen-bond acceptors (Lipinski definition) is 31. The van der Waals surface area contributed by atoms with E-state index in [0.717, 1.165) is 97.2 Å². The summed E-state index contributed by atoms with van der Waals surface area (Å²) < 4.78 is 80.3. The Hall–Kier alpha value is -8.74. The SMILES string of the molecule is CN1CCOCC1.COC(=O)c1ncc(Br)cc1CCc1ccc(OC)cc1.COC(=O)c1ncc(Br)cc1F.COC(=O)c1ncc(Br)cc1N.COC(=O)c1ncc(SCc2ccccc2)cc1N.C[C@H](O)CCC(=O)c1ncc(SCc2ccccc2)cc1N.C[C@H](O)CN.NCc1ccc(CO)cc1.O=C(O)C(F)(F)F.SCc1ccccc1.[2H][B].[Na+].[U].c1nnc[n-]1. The molecule has 6 aromatic heterocycles. The monoisotopic (exact) mass is 2300 g/mol. The van der Waals surface area contributed by atoms with Crippen LogP contribution in [0.2, 0.25) is 0 Å². The Balaban J connectivity index is 0. The standard InChI is InChI=1S/C17H20N2O2S.C16H16BrNO3.C14H14N2O2S.C8H11NO.C7H5BrFNO2.C7H7BrN2O2.C7H8S.C5H11NO.C3H9NO.C2HF3O2.C2H2N3.BH.Na.U/c1-12(20)7-8-16(21)17-15(18)9-14(10-19-17)22-11-13-5-3-2-4-6-13;1-20-14-7-4-11(5-8-14)3-6-12-9-13(17)10-18-15(12)16(19)21-2;1-18-14(17)13-12(15)7-11(8-16-13)19-9-10-5-3-2-4-6-10;9-5-7-1-3-8(6-10)4-2-7;2*1-12-7(11)6-5(9)2-4(8)3-10-6;8-6-7-4-2-1-3-5-7;1-6-2-4-7-5-3-6;1-3(5)2-4;3-2(4,5)1(6)7;1-3-2-5-4-1;;;/h2-6,9-10,12,20H,7-8,11,18H2,1H3;4-5,7-10H,3,6H2,1-2H3;2-8H,9,15H2,1H3;1-4,10H,5-6,9H2;2-3H,1H3;2-3H,9H2,1H3;1-5,8H,6H2;2-5H2,1H3;3,5H,2,4H2,1H3;(H,6,7);1-2H;1H;;/q;;;;;;;;;;-1;;+1;/t12-;;;;;;;;3-;;;;;/m0.......0...../s1/i;;;;;;;;;;;1D;;. The molecule has 12 rings (SSSR count). The van der Waals surface area contributed by atoms with E-state index in [-0.39, 0.29) is 103 Å². The number of aromatic nitrogens is 8. The van der Waals surface area contributed by atoms with E-state index < -0.39 is 47.9 Å². The van der Waals surface area contributed by atoms with Crippen molar-refractivity contribution in [1.82, 2.24) is 45.0 Å². The van der Waals surface area contributed by atoms with Crippen LogP contribution in [0.4, 0.5) is 34.6 Å². The van der Waals surface area contributed by atoms with Crippen molar-refractivity contribution in [2.24, 2.45) is 11.5 Å². The number of carboxylic acid groups (broad SMARTS) is 1. The molecule has 698 valence electrons. The maximum Gasteiger partial charge on any atom is 1.00 e. The molecule has 0 amide bonds. The molecule has 7 heterocycles. The molecule has 30 nitrogen and oxygen atoms in total. The van der Waals surface area contributed by atoms with Crippen molar-refractivity contribution < 1.29 is 156 Å². The van der Waals surface area contributed by atoms with Crippen LogP contribution in [0.3, 0.4) is 0 Å². The third-order valence-corrected chi connectivity index (χ3v) is 19.6. The van der Waals surface area contributed by atoms with Gasteiger partial charge in [0, 0.05) is 144 Å². The van der Waals surface area contributed by atoms with Crippen LogP contribution in [0.5, 0.6) is 5.75 Å². The topological polar surface area (TPSA) is 476 Å². The molecule has 1 aliphatic heterocycles. The third-order valence-electron chi connectivity index (χ3n) is 15.9. The van der Waals surface area contributed by atoms with Gasteiger partial charge in [-0.25, -0.2) is 53.3 Å². The number of thioether (sulfide) groups is 2. The number of morpholine rings is 1. The second kappa shape index (κ2) is 72.7. The number of nitrogen functional groups attached to an aromatic ring is 3. The van der Waals surface area contributed by atoms with Crippen molar-refractivity contribution in [3.05, 3.63) is 300 Å². The number of halogens is 7. The zero-order chi connectivity index (χ0) is 97.4. The number of aliphatic hydroxyl groups excluding tert-OH is 3. The quantitative estimate of drug-likeness (QED) is 0.00573. The number of aliphatic carboxylic acids is 1. The molecule has 2 radical (unpaired) electrons. The first-order chi connectivity index (χ1) is 62.1. The van der Waals surface area contributed by atoms with Gasteiger partial charge in [-0.05, 0) is 183 Å². The largest absolute Gasteiger partial charge is 1.00 e. The Morgan fingerprint density at radius 2 is 0.947 bits per heavy atom. The number of thiol groups is 1. The fraction of sp³-hybridized carbons (Fsp3) is 0.284. The van der Waals surface area contributed by atoms with Crippen LogP contribution in [0.15, 0.2) is 237 Å². The molecular formula is C88H105BBr3F4N14NaO16S3U. The average Bonchev–Trinajstić information content (AvgIpc) is 1.07. The van der Waals surface area contributed by atoms with Crippen LogP contribution >= 0.6 is 83.9 Å². The van der Waals surface area contributed by atoms with E-state index in [0.29, 0.717) is 58.9 Å². The van der Waals surface area contributed by atoms with E-state index in [1.165, 1.54) is 75.7 Å². The van der Waals surface area contributed by atoms with Gasteiger partial charge in [-0.1, -0.05) is 127 Å². The summed E-state index contributed by atoms with van der Waals surface area (Å²) >= 11 is 16.9. The number of Topliss-reactive ketones (excluding diaryl/α,β-unsaturated/α-hetero) is 1. The van der Waals surface area contributed by atoms with Crippen molar-refractivity contribution >= 4 is 145 Å². The summed E-state index contributed by atoms with van der Waals surface area (Å²) in [4.78, 5) is 93.1. The van der Waals surface area contributed by atoms with Gasteiger partial charge < -0.3 is 97.6 Å². The van der Waals surface area contributed by atoms with E-state index in [9.17, 15) is 46.6 Å². The normalized spacial score (nSPS) is 11.1. The van der Waals surface area contributed by atoms with Gasteiger partial charge in [0.25, 0.3) is 0 Å². The number of likely N-dealkylation sites (N-methyl/N-ethyl adjacent to an activating group) is 1. The minimum Gasteiger partial charge on any atom is -0.497 e. The van der Waals surface area contributed by atoms with Crippen molar-refractivity contribution in [1.29, 1.82) is 1.34 Å². The number of hydrogen-bond donors (Lipinski definition) is 10. The average molecular weight is 2300 g/mol. The molecule has 5 aromatic carbocycles. The predicted molar refractivity (Wildman–Crippen MR) is 505 cm³/mol. The molecule has 2 atom stereocenters. The van der Waals surface area contributed by atoms with Crippen molar-refractivity contribution in [3.63, 3.8) is 0 Å². The zero-order valence-corrected chi connectivity index (χ0v) is 86.8. The first-order valence-electron chi connectivity index (χ1n) is 38.8. The summed E-state index contributed by atoms with van der Waals surface area (Å²) in [6, 6.07) is 54.1. The van der Waals surface area contributed by atoms with Gasteiger partial charge in [0.05, 0.1) is 84.6 Å².